The fourth-order valence-electron chi connectivity index (χ4n) is 3.93. The van der Waals surface area contributed by atoms with Crippen LogP contribution in [0.5, 0.6) is 0 Å². The number of aromatic nitrogens is 1. The summed E-state index contributed by atoms with van der Waals surface area (Å²) < 4.78 is 14.2. The summed E-state index contributed by atoms with van der Waals surface area (Å²) in [5, 5.41) is 11.1. The predicted molar refractivity (Wildman–Crippen MR) is 124 cm³/mol. The van der Waals surface area contributed by atoms with Crippen molar-refractivity contribution >= 4 is 23.1 Å². The molecule has 33 heavy (non-hydrogen) atoms. The quantitative estimate of drug-likeness (QED) is 0.362. The Kier molecular flexibility index (Phi) is 5.96. The Hall–Kier alpha value is -4.00. The van der Waals surface area contributed by atoms with E-state index >= 15 is 0 Å². The normalized spacial score (nSPS) is 17.5. The second-order valence-electron chi connectivity index (χ2n) is 8.24. The molecule has 1 aliphatic heterocycles. The van der Waals surface area contributed by atoms with Crippen molar-refractivity contribution in [3.8, 4) is 0 Å². The van der Waals surface area contributed by atoms with Crippen molar-refractivity contribution in [2.45, 2.75) is 19.5 Å². The van der Waals surface area contributed by atoms with Crippen LogP contribution in [0, 0.1) is 12.7 Å². The number of rotatable bonds is 5. The van der Waals surface area contributed by atoms with Gasteiger partial charge in [0.15, 0.2) is 0 Å². The zero-order valence-corrected chi connectivity index (χ0v) is 18.6. The molecule has 2 heterocycles. The molecule has 168 valence electrons. The Bertz CT molecular complexity index is 1240. The number of anilines is 1. The zero-order valence-electron chi connectivity index (χ0n) is 18.6. The third kappa shape index (κ3) is 4.22. The minimum absolute atomic E-state index is 0.0650. The van der Waals surface area contributed by atoms with Gasteiger partial charge < -0.3 is 14.9 Å². The lowest BCUT2D eigenvalue weighted by Gasteiger charge is -2.26. The Labute approximate surface area is 191 Å². The van der Waals surface area contributed by atoms with E-state index in [1.165, 1.54) is 23.1 Å². The van der Waals surface area contributed by atoms with Crippen LogP contribution in [-0.4, -0.2) is 40.8 Å². The molecular weight excluding hydrogens is 421 g/mol. The van der Waals surface area contributed by atoms with Crippen molar-refractivity contribution in [2.75, 3.05) is 19.0 Å². The second kappa shape index (κ2) is 8.86. The lowest BCUT2D eigenvalue weighted by Crippen LogP contribution is -2.29. The standard InChI is InChI=1S/C26H24FN3O3/c1-16-6-7-19(13-21(16)27)24(31)22-23(18-8-10-20(11-9-18)29(2)3)30(26(33)25(22)32)15-17-5-4-12-28-14-17/h4-14,23,31H,15H2,1-3H3/t23-/m0/s1. The van der Waals surface area contributed by atoms with Crippen LogP contribution in [0.2, 0.25) is 0 Å². The molecule has 6 nitrogen and oxygen atoms in total. The first kappa shape index (κ1) is 22.2. The molecule has 0 bridgehead atoms. The van der Waals surface area contributed by atoms with Crippen LogP contribution >= 0.6 is 0 Å². The minimum Gasteiger partial charge on any atom is -0.507 e. The number of likely N-dealkylation sites (tertiary alicyclic amines) is 1. The van der Waals surface area contributed by atoms with E-state index in [1.807, 2.05) is 49.3 Å². The number of halogens is 1. The zero-order chi connectivity index (χ0) is 23.7. The van der Waals surface area contributed by atoms with Crippen molar-refractivity contribution < 1.29 is 19.1 Å². The molecule has 7 heteroatoms. The van der Waals surface area contributed by atoms with Gasteiger partial charge in [-0.2, -0.15) is 0 Å². The number of Topliss-reactive ketones (excluding diaryl/α,β-unsaturated/α-hetero) is 1. The number of aryl methyl sites for hydroxylation is 1. The van der Waals surface area contributed by atoms with E-state index in [1.54, 1.807) is 25.4 Å². The van der Waals surface area contributed by atoms with Crippen LogP contribution in [0.25, 0.3) is 5.76 Å². The summed E-state index contributed by atoms with van der Waals surface area (Å²) in [5.74, 6) is -2.44. The van der Waals surface area contributed by atoms with E-state index in [4.69, 9.17) is 0 Å². The third-order valence-electron chi connectivity index (χ3n) is 5.79. The van der Waals surface area contributed by atoms with E-state index < -0.39 is 29.3 Å². The van der Waals surface area contributed by atoms with Gasteiger partial charge in [0.05, 0.1) is 11.6 Å². The predicted octanol–water partition coefficient (Wildman–Crippen LogP) is 4.22. The molecule has 0 saturated carbocycles. The fraction of sp³-hybridized carbons (Fsp3) is 0.192. The maximum absolute atomic E-state index is 14.2. The van der Waals surface area contributed by atoms with Crippen LogP contribution < -0.4 is 4.90 Å². The number of hydrogen-bond acceptors (Lipinski definition) is 5. The molecule has 3 aromatic rings. The van der Waals surface area contributed by atoms with Crippen LogP contribution in [0.3, 0.4) is 0 Å². The van der Waals surface area contributed by atoms with Crippen molar-refractivity contribution in [3.05, 3.63) is 101 Å². The summed E-state index contributed by atoms with van der Waals surface area (Å²) in [6.07, 6.45) is 3.25. The number of pyridine rings is 1. The summed E-state index contributed by atoms with van der Waals surface area (Å²) in [6, 6.07) is 14.4. The number of carbonyl (C=O) groups excluding carboxylic acids is 2. The lowest BCUT2D eigenvalue weighted by atomic mass is 9.94. The highest BCUT2D eigenvalue weighted by Gasteiger charge is 2.46. The molecule has 1 aromatic heterocycles. The topological polar surface area (TPSA) is 73.7 Å². The first-order valence-electron chi connectivity index (χ1n) is 10.5. The first-order valence-corrected chi connectivity index (χ1v) is 10.5. The SMILES string of the molecule is Cc1ccc(C(O)=C2C(=O)C(=O)N(Cc3cccnc3)[C@H]2c2ccc(N(C)C)cc2)cc1F. The average molecular weight is 445 g/mol. The molecule has 0 unspecified atom stereocenters. The molecule has 0 radical (unpaired) electrons. The van der Waals surface area contributed by atoms with Crippen LogP contribution in [0.15, 0.2) is 72.6 Å². The number of aliphatic hydroxyl groups is 1. The van der Waals surface area contributed by atoms with Gasteiger partial charge in [0.2, 0.25) is 0 Å². The van der Waals surface area contributed by atoms with Gasteiger partial charge in [-0.05, 0) is 47.9 Å². The number of nitrogens with zero attached hydrogens (tertiary/aromatic N) is 3. The van der Waals surface area contributed by atoms with Gasteiger partial charge >= 0.3 is 0 Å². The summed E-state index contributed by atoms with van der Waals surface area (Å²) in [7, 11) is 3.82. The van der Waals surface area contributed by atoms with E-state index in [2.05, 4.69) is 4.98 Å². The van der Waals surface area contributed by atoms with Crippen LogP contribution in [-0.2, 0) is 16.1 Å². The Morgan fingerprint density at radius 2 is 1.85 bits per heavy atom. The van der Waals surface area contributed by atoms with E-state index in [0.717, 1.165) is 11.3 Å². The highest BCUT2D eigenvalue weighted by atomic mass is 19.1. The molecular formula is C26H24FN3O3. The number of hydrogen-bond donors (Lipinski definition) is 1. The highest BCUT2D eigenvalue weighted by molar-refractivity contribution is 6.46. The monoisotopic (exact) mass is 445 g/mol. The Morgan fingerprint density at radius 3 is 2.45 bits per heavy atom. The molecule has 1 fully saturated rings. The highest BCUT2D eigenvalue weighted by Crippen LogP contribution is 2.40. The van der Waals surface area contributed by atoms with Gasteiger partial charge in [0.25, 0.3) is 11.7 Å². The molecule has 1 N–H and O–H groups in total. The summed E-state index contributed by atoms with van der Waals surface area (Å²) in [6.45, 7) is 1.75. The Balaban J connectivity index is 1.86. The minimum atomic E-state index is -0.828. The van der Waals surface area contributed by atoms with Crippen molar-refractivity contribution in [1.82, 2.24) is 9.88 Å². The van der Waals surface area contributed by atoms with Gasteiger partial charge in [0.1, 0.15) is 11.6 Å². The number of benzene rings is 2. The lowest BCUT2D eigenvalue weighted by molar-refractivity contribution is -0.140. The third-order valence-corrected chi connectivity index (χ3v) is 5.79. The number of aliphatic hydroxyl groups excluding tert-OH is 1. The molecule has 1 atom stereocenters. The largest absolute Gasteiger partial charge is 0.507 e. The number of carbonyl (C=O) groups is 2. The van der Waals surface area contributed by atoms with E-state index in [9.17, 15) is 19.1 Å². The molecule has 1 saturated heterocycles. The van der Waals surface area contributed by atoms with Crippen molar-refractivity contribution in [2.24, 2.45) is 0 Å². The first-order chi connectivity index (χ1) is 15.8. The van der Waals surface area contributed by atoms with Crippen molar-refractivity contribution in [1.29, 1.82) is 0 Å². The second-order valence-corrected chi connectivity index (χ2v) is 8.24. The fourth-order valence-corrected chi connectivity index (χ4v) is 3.93. The smallest absolute Gasteiger partial charge is 0.295 e. The Morgan fingerprint density at radius 1 is 1.12 bits per heavy atom. The van der Waals surface area contributed by atoms with Gasteiger partial charge in [0, 0.05) is 44.3 Å². The maximum atomic E-state index is 14.2. The molecule has 1 aliphatic rings. The van der Waals surface area contributed by atoms with Gasteiger partial charge in [-0.3, -0.25) is 14.6 Å². The van der Waals surface area contributed by atoms with Gasteiger partial charge in [-0.15, -0.1) is 0 Å². The molecule has 0 spiro atoms. The maximum Gasteiger partial charge on any atom is 0.295 e. The molecule has 1 amide bonds. The number of amides is 1. The molecule has 0 aliphatic carbocycles. The average Bonchev–Trinajstić information content (AvgIpc) is 3.06. The van der Waals surface area contributed by atoms with Crippen molar-refractivity contribution in [3.63, 3.8) is 0 Å². The number of ketones is 1. The van der Waals surface area contributed by atoms with Crippen LogP contribution in [0.4, 0.5) is 10.1 Å². The summed E-state index contributed by atoms with van der Waals surface area (Å²) >= 11 is 0. The van der Waals surface area contributed by atoms with Gasteiger partial charge in [-0.25, -0.2) is 4.39 Å². The molecule has 4 rings (SSSR count). The van der Waals surface area contributed by atoms with Gasteiger partial charge in [-0.1, -0.05) is 30.3 Å². The van der Waals surface area contributed by atoms with Crippen LogP contribution in [0.1, 0.15) is 28.3 Å². The van der Waals surface area contributed by atoms with E-state index in [0.29, 0.717) is 11.1 Å². The van der Waals surface area contributed by atoms with E-state index in [-0.39, 0.29) is 17.7 Å². The molecule has 2 aromatic carbocycles. The summed E-state index contributed by atoms with van der Waals surface area (Å²) in [4.78, 5) is 33.6. The summed E-state index contributed by atoms with van der Waals surface area (Å²) in [5.41, 5.74) is 2.86.